The van der Waals surface area contributed by atoms with Gasteiger partial charge in [-0.15, -0.1) is 0 Å². The van der Waals surface area contributed by atoms with Crippen molar-refractivity contribution in [3.05, 3.63) is 75.7 Å². The number of hydrogen-bond donors (Lipinski definition) is 2. The minimum Gasteiger partial charge on any atom is -0.448 e. The Kier molecular flexibility index (Phi) is 5.30. The van der Waals surface area contributed by atoms with Crippen molar-refractivity contribution in [1.29, 1.82) is 0 Å². The van der Waals surface area contributed by atoms with Crippen molar-refractivity contribution in [3.8, 4) is 11.3 Å². The van der Waals surface area contributed by atoms with Gasteiger partial charge in [-0.25, -0.2) is 9.78 Å². The average molecular weight is 430 g/mol. The number of ether oxygens (including phenoxy) is 1. The summed E-state index contributed by atoms with van der Waals surface area (Å²) in [5.74, 6) is -0.283. The number of carbonyl (C=O) groups is 2. The van der Waals surface area contributed by atoms with Crippen LogP contribution in [0.2, 0.25) is 10.0 Å². The Labute approximate surface area is 177 Å². The first kappa shape index (κ1) is 19.5. The van der Waals surface area contributed by atoms with Crippen LogP contribution in [0, 0.1) is 0 Å². The maximum atomic E-state index is 12.6. The number of H-pyrrole nitrogens is 1. The monoisotopic (exact) mass is 429 g/mol. The van der Waals surface area contributed by atoms with Gasteiger partial charge in [-0.2, -0.15) is 0 Å². The number of benzene rings is 2. The molecule has 148 valence electrons. The molecule has 0 saturated carbocycles. The third-order valence-electron chi connectivity index (χ3n) is 4.78. The molecule has 2 N–H and O–H groups in total. The lowest BCUT2D eigenvalue weighted by atomic mass is 9.98. The van der Waals surface area contributed by atoms with E-state index in [0.29, 0.717) is 27.9 Å². The van der Waals surface area contributed by atoms with Gasteiger partial charge < -0.3 is 15.0 Å². The molecule has 2 atom stereocenters. The molecule has 1 aliphatic rings. The van der Waals surface area contributed by atoms with Crippen molar-refractivity contribution in [2.24, 2.45) is 0 Å². The summed E-state index contributed by atoms with van der Waals surface area (Å²) in [6.07, 6.45) is 1.13. The highest BCUT2D eigenvalue weighted by atomic mass is 35.5. The van der Waals surface area contributed by atoms with Gasteiger partial charge >= 0.3 is 5.97 Å². The van der Waals surface area contributed by atoms with Crippen molar-refractivity contribution in [3.63, 3.8) is 0 Å². The first-order chi connectivity index (χ1) is 13.9. The van der Waals surface area contributed by atoms with Gasteiger partial charge in [0, 0.05) is 12.0 Å². The van der Waals surface area contributed by atoms with Gasteiger partial charge in [0.15, 0.2) is 6.10 Å². The smallest absolute Gasteiger partial charge is 0.339 e. The number of fused-ring (bicyclic) bond motifs is 1. The number of carbonyl (C=O) groups excluding carboxylic acids is 2. The van der Waals surface area contributed by atoms with Gasteiger partial charge in [0.2, 0.25) is 0 Å². The minimum absolute atomic E-state index is 0.340. The Bertz CT molecular complexity index is 1100. The number of aromatic amines is 1. The molecule has 1 aromatic heterocycles. The van der Waals surface area contributed by atoms with E-state index in [0.717, 1.165) is 16.8 Å². The molecule has 0 unspecified atom stereocenters. The summed E-state index contributed by atoms with van der Waals surface area (Å²) in [5, 5.41) is 3.76. The number of amides is 1. The number of halogens is 2. The Balaban J connectivity index is 1.45. The summed E-state index contributed by atoms with van der Waals surface area (Å²) in [7, 11) is 0. The number of nitrogens with zero attached hydrogens (tertiary/aromatic N) is 1. The van der Waals surface area contributed by atoms with Crippen molar-refractivity contribution >= 4 is 35.1 Å². The number of rotatable bonds is 4. The average Bonchev–Trinajstić information content (AvgIpc) is 3.20. The maximum absolute atomic E-state index is 12.6. The van der Waals surface area contributed by atoms with E-state index in [1.54, 1.807) is 37.4 Å². The van der Waals surface area contributed by atoms with Crippen LogP contribution in [0.25, 0.3) is 11.3 Å². The first-order valence-corrected chi connectivity index (χ1v) is 9.77. The summed E-state index contributed by atoms with van der Waals surface area (Å²) < 4.78 is 5.30. The Morgan fingerprint density at radius 2 is 2.03 bits per heavy atom. The van der Waals surface area contributed by atoms with Crippen LogP contribution in [0.4, 0.5) is 0 Å². The van der Waals surface area contributed by atoms with E-state index in [2.05, 4.69) is 15.3 Å². The molecule has 1 aliphatic heterocycles. The second-order valence-corrected chi connectivity index (χ2v) is 7.61. The van der Waals surface area contributed by atoms with E-state index < -0.39 is 18.1 Å². The fourth-order valence-corrected chi connectivity index (χ4v) is 3.52. The predicted octanol–water partition coefficient (Wildman–Crippen LogP) is 4.34. The molecule has 0 aliphatic carbocycles. The van der Waals surface area contributed by atoms with Gasteiger partial charge in [0.05, 0.1) is 33.5 Å². The molecule has 0 spiro atoms. The summed E-state index contributed by atoms with van der Waals surface area (Å²) in [4.78, 5) is 32.3. The molecule has 8 heteroatoms. The van der Waals surface area contributed by atoms with Crippen LogP contribution in [0.15, 0.2) is 48.7 Å². The van der Waals surface area contributed by atoms with E-state index in [1.165, 1.54) is 0 Å². The van der Waals surface area contributed by atoms with Gasteiger partial charge in [-0.3, -0.25) is 4.79 Å². The van der Waals surface area contributed by atoms with Crippen molar-refractivity contribution in [2.75, 3.05) is 0 Å². The first-order valence-electron chi connectivity index (χ1n) is 9.02. The molecular weight excluding hydrogens is 413 g/mol. The third kappa shape index (κ3) is 3.99. The molecule has 1 amide bonds. The van der Waals surface area contributed by atoms with Crippen LogP contribution in [0.1, 0.15) is 34.7 Å². The Hall–Kier alpha value is -2.83. The van der Waals surface area contributed by atoms with Gasteiger partial charge in [-0.05, 0) is 30.7 Å². The summed E-state index contributed by atoms with van der Waals surface area (Å²) in [5.41, 5.74) is 2.88. The number of aromatic nitrogens is 2. The van der Waals surface area contributed by atoms with Crippen molar-refractivity contribution < 1.29 is 14.3 Å². The second-order valence-electron chi connectivity index (χ2n) is 6.80. The van der Waals surface area contributed by atoms with Crippen LogP contribution in [-0.2, 0) is 16.0 Å². The summed E-state index contributed by atoms with van der Waals surface area (Å²) >= 11 is 12.0. The summed E-state index contributed by atoms with van der Waals surface area (Å²) in [6, 6.07) is 12.0. The zero-order valence-electron chi connectivity index (χ0n) is 15.4. The van der Waals surface area contributed by atoms with E-state index in [9.17, 15) is 9.59 Å². The Morgan fingerprint density at radius 1 is 1.24 bits per heavy atom. The van der Waals surface area contributed by atoms with Crippen LogP contribution in [0.5, 0.6) is 0 Å². The number of imidazole rings is 1. The molecular formula is C21H17Cl2N3O3. The molecule has 29 heavy (non-hydrogen) atoms. The van der Waals surface area contributed by atoms with Crippen molar-refractivity contribution in [1.82, 2.24) is 15.3 Å². The van der Waals surface area contributed by atoms with E-state index in [-0.39, 0.29) is 5.91 Å². The molecule has 3 aromatic rings. The highest BCUT2D eigenvalue weighted by Crippen LogP contribution is 2.28. The normalized spacial score (nSPS) is 16.7. The van der Waals surface area contributed by atoms with Crippen LogP contribution >= 0.6 is 23.2 Å². The van der Waals surface area contributed by atoms with E-state index >= 15 is 0 Å². The number of nitrogens with one attached hydrogen (secondary N) is 2. The van der Waals surface area contributed by atoms with Crippen LogP contribution < -0.4 is 5.32 Å². The molecule has 0 saturated heterocycles. The molecule has 6 nitrogen and oxygen atoms in total. The number of esters is 1. The Morgan fingerprint density at radius 3 is 2.83 bits per heavy atom. The minimum atomic E-state index is -0.871. The fraction of sp³-hybridized carbons (Fsp3) is 0.190. The molecule has 0 bridgehead atoms. The van der Waals surface area contributed by atoms with Gasteiger partial charge in [0.1, 0.15) is 5.82 Å². The third-order valence-corrected chi connectivity index (χ3v) is 5.52. The molecule has 2 aromatic carbocycles. The SMILES string of the molecule is C[C@@H](NC(=O)[C@H]1Cc2ccccc2C(=O)O1)c1ncc(-c2ccc(Cl)c(Cl)c2)[nH]1. The van der Waals surface area contributed by atoms with E-state index in [1.807, 2.05) is 18.2 Å². The van der Waals surface area contributed by atoms with Crippen molar-refractivity contribution in [2.45, 2.75) is 25.5 Å². The maximum Gasteiger partial charge on any atom is 0.339 e. The standard InChI is InChI=1S/C21H17Cl2N3O3/c1-11(19-24-10-17(26-19)13-6-7-15(22)16(23)8-13)25-20(27)18-9-12-4-2-3-5-14(12)21(28)29-18/h2-8,10-11,18H,9H2,1H3,(H,24,26)(H,25,27)/t11-,18-/m1/s1. The lowest BCUT2D eigenvalue weighted by molar-refractivity contribution is -0.131. The highest BCUT2D eigenvalue weighted by Gasteiger charge is 2.32. The fourth-order valence-electron chi connectivity index (χ4n) is 3.22. The van der Waals surface area contributed by atoms with Crippen LogP contribution in [0.3, 0.4) is 0 Å². The highest BCUT2D eigenvalue weighted by molar-refractivity contribution is 6.42. The summed E-state index contributed by atoms with van der Waals surface area (Å²) in [6.45, 7) is 1.80. The molecule has 4 rings (SSSR count). The largest absolute Gasteiger partial charge is 0.448 e. The zero-order valence-corrected chi connectivity index (χ0v) is 16.9. The van der Waals surface area contributed by atoms with E-state index in [4.69, 9.17) is 27.9 Å². The molecule has 2 heterocycles. The number of cyclic esters (lactones) is 1. The topological polar surface area (TPSA) is 84.1 Å². The quantitative estimate of drug-likeness (QED) is 0.603. The predicted molar refractivity (Wildman–Crippen MR) is 110 cm³/mol. The lowest BCUT2D eigenvalue weighted by Crippen LogP contribution is -2.42. The lowest BCUT2D eigenvalue weighted by Gasteiger charge is -2.24. The number of hydrogen-bond acceptors (Lipinski definition) is 4. The zero-order chi connectivity index (χ0) is 20.5. The van der Waals surface area contributed by atoms with Gasteiger partial charge in [0.25, 0.3) is 5.91 Å². The molecule has 0 fully saturated rings. The second kappa shape index (κ2) is 7.89. The molecule has 0 radical (unpaired) electrons. The van der Waals surface area contributed by atoms with Gasteiger partial charge in [-0.1, -0.05) is 47.5 Å². The van der Waals surface area contributed by atoms with Crippen LogP contribution in [-0.4, -0.2) is 27.9 Å².